The summed E-state index contributed by atoms with van der Waals surface area (Å²) in [4.78, 5) is 0. The van der Waals surface area contributed by atoms with Crippen LogP contribution in [-0.2, 0) is 10.0 Å². The first-order valence-electron chi connectivity index (χ1n) is 5.01. The second-order valence-electron chi connectivity index (χ2n) is 3.48. The Bertz CT molecular complexity index is 478. The summed E-state index contributed by atoms with van der Waals surface area (Å²) in [6.07, 6.45) is 0.713. The summed E-state index contributed by atoms with van der Waals surface area (Å²) < 4.78 is 38.5. The number of anilines is 1. The second-order valence-corrected chi connectivity index (χ2v) is 5.75. The van der Waals surface area contributed by atoms with E-state index in [0.29, 0.717) is 12.8 Å². The van der Waals surface area contributed by atoms with Crippen LogP contribution in [0.3, 0.4) is 0 Å². The lowest BCUT2D eigenvalue weighted by atomic mass is 10.3. The van der Waals surface area contributed by atoms with Crippen LogP contribution >= 0.6 is 11.6 Å². The smallest absolute Gasteiger partial charge is 0.232 e. The Labute approximate surface area is 104 Å². The molecule has 0 saturated heterocycles. The highest BCUT2D eigenvalue weighted by Crippen LogP contribution is 2.20. The van der Waals surface area contributed by atoms with Gasteiger partial charge in [0.15, 0.2) is 0 Å². The standard InChI is InChI=1S/C10H13ClFNO3S/c11-8-3-4-10(9(12)7-8)13-17(15,16)6-2-1-5-14/h3-4,7,13-14H,1-2,5-6H2. The zero-order valence-electron chi connectivity index (χ0n) is 8.99. The number of benzene rings is 1. The quantitative estimate of drug-likeness (QED) is 0.784. The van der Waals surface area contributed by atoms with Gasteiger partial charge >= 0.3 is 0 Å². The maximum Gasteiger partial charge on any atom is 0.232 e. The first-order chi connectivity index (χ1) is 7.94. The van der Waals surface area contributed by atoms with Gasteiger partial charge < -0.3 is 5.11 Å². The summed E-state index contributed by atoms with van der Waals surface area (Å²) in [5.41, 5.74) is -0.126. The number of aliphatic hydroxyl groups excluding tert-OH is 1. The van der Waals surface area contributed by atoms with Gasteiger partial charge in [0.1, 0.15) is 5.82 Å². The third kappa shape index (κ3) is 4.89. The van der Waals surface area contributed by atoms with E-state index in [2.05, 4.69) is 4.72 Å². The Hall–Kier alpha value is -0.850. The van der Waals surface area contributed by atoms with Crippen LogP contribution in [0.5, 0.6) is 0 Å². The van der Waals surface area contributed by atoms with Crippen LogP contribution in [0.15, 0.2) is 18.2 Å². The zero-order chi connectivity index (χ0) is 12.9. The summed E-state index contributed by atoms with van der Waals surface area (Å²) in [6, 6.07) is 3.70. The molecule has 1 aromatic rings. The van der Waals surface area contributed by atoms with Crippen molar-refractivity contribution in [2.24, 2.45) is 0 Å². The number of hydrogen-bond donors (Lipinski definition) is 2. The molecule has 0 atom stereocenters. The third-order valence-corrected chi connectivity index (χ3v) is 3.61. The molecule has 0 aliphatic heterocycles. The Morgan fingerprint density at radius 1 is 1.35 bits per heavy atom. The van der Waals surface area contributed by atoms with Crippen LogP contribution in [0.4, 0.5) is 10.1 Å². The lowest BCUT2D eigenvalue weighted by Crippen LogP contribution is -2.17. The molecular formula is C10H13ClFNO3S. The largest absolute Gasteiger partial charge is 0.396 e. The molecule has 0 unspecified atom stereocenters. The number of hydrogen-bond acceptors (Lipinski definition) is 3. The summed E-state index contributed by atoms with van der Waals surface area (Å²) in [6.45, 7) is -0.0647. The van der Waals surface area contributed by atoms with Gasteiger partial charge in [-0.2, -0.15) is 0 Å². The van der Waals surface area contributed by atoms with Gasteiger partial charge in [0, 0.05) is 11.6 Å². The van der Waals surface area contributed by atoms with Gasteiger partial charge in [0.25, 0.3) is 0 Å². The molecule has 2 N–H and O–H groups in total. The van der Waals surface area contributed by atoms with E-state index in [1.807, 2.05) is 0 Å². The van der Waals surface area contributed by atoms with Gasteiger partial charge in [0.05, 0.1) is 11.4 Å². The van der Waals surface area contributed by atoms with Crippen molar-refractivity contribution in [2.45, 2.75) is 12.8 Å². The molecule has 0 radical (unpaired) electrons. The number of nitrogens with one attached hydrogen (secondary N) is 1. The van der Waals surface area contributed by atoms with Crippen molar-refractivity contribution in [1.29, 1.82) is 0 Å². The van der Waals surface area contributed by atoms with Crippen LogP contribution < -0.4 is 4.72 Å². The van der Waals surface area contributed by atoms with E-state index in [-0.39, 0.29) is 23.1 Å². The fourth-order valence-electron chi connectivity index (χ4n) is 1.19. The predicted octanol–water partition coefficient (Wildman–Crippen LogP) is 1.99. The van der Waals surface area contributed by atoms with Crippen molar-refractivity contribution in [1.82, 2.24) is 0 Å². The molecule has 0 amide bonds. The molecule has 0 fully saturated rings. The average Bonchev–Trinajstić information content (AvgIpc) is 2.22. The molecule has 1 aromatic carbocycles. The topological polar surface area (TPSA) is 66.4 Å². The van der Waals surface area contributed by atoms with E-state index in [1.54, 1.807) is 0 Å². The Morgan fingerprint density at radius 3 is 2.65 bits per heavy atom. The SMILES string of the molecule is O=S(=O)(CCCCO)Nc1ccc(Cl)cc1F. The van der Waals surface area contributed by atoms with Crippen LogP contribution in [0, 0.1) is 5.82 Å². The first kappa shape index (κ1) is 14.2. The van der Waals surface area contributed by atoms with E-state index in [1.165, 1.54) is 12.1 Å². The minimum Gasteiger partial charge on any atom is -0.396 e. The van der Waals surface area contributed by atoms with E-state index < -0.39 is 15.8 Å². The normalized spacial score (nSPS) is 11.5. The fraction of sp³-hybridized carbons (Fsp3) is 0.400. The Balaban J connectivity index is 2.69. The number of unbranched alkanes of at least 4 members (excludes halogenated alkanes) is 1. The molecule has 0 heterocycles. The van der Waals surface area contributed by atoms with Gasteiger partial charge in [-0.15, -0.1) is 0 Å². The molecule has 0 aliphatic carbocycles. The number of halogens is 2. The number of aliphatic hydroxyl groups is 1. The highest BCUT2D eigenvalue weighted by molar-refractivity contribution is 7.92. The van der Waals surface area contributed by atoms with Crippen molar-refractivity contribution in [2.75, 3.05) is 17.1 Å². The average molecular weight is 282 g/mol. The number of sulfonamides is 1. The Kier molecular flexibility index (Phi) is 5.17. The maximum absolute atomic E-state index is 13.3. The monoisotopic (exact) mass is 281 g/mol. The van der Waals surface area contributed by atoms with Crippen LogP contribution in [-0.4, -0.2) is 25.9 Å². The van der Waals surface area contributed by atoms with E-state index in [9.17, 15) is 12.8 Å². The lowest BCUT2D eigenvalue weighted by molar-refractivity contribution is 0.287. The summed E-state index contributed by atoms with van der Waals surface area (Å²) in [5.74, 6) is -0.876. The molecule has 0 aromatic heterocycles. The van der Waals surface area contributed by atoms with Crippen LogP contribution in [0.2, 0.25) is 5.02 Å². The van der Waals surface area contributed by atoms with Crippen molar-refractivity contribution in [3.05, 3.63) is 29.0 Å². The molecule has 0 aliphatic rings. The lowest BCUT2D eigenvalue weighted by Gasteiger charge is -2.08. The maximum atomic E-state index is 13.3. The number of rotatable bonds is 6. The van der Waals surface area contributed by atoms with Crippen molar-refractivity contribution >= 4 is 27.3 Å². The van der Waals surface area contributed by atoms with Gasteiger partial charge in [0.2, 0.25) is 10.0 Å². The van der Waals surface area contributed by atoms with Crippen molar-refractivity contribution in [3.63, 3.8) is 0 Å². The fourth-order valence-corrected chi connectivity index (χ4v) is 2.54. The van der Waals surface area contributed by atoms with E-state index in [4.69, 9.17) is 16.7 Å². The summed E-state index contributed by atoms with van der Waals surface area (Å²) in [7, 11) is -3.59. The van der Waals surface area contributed by atoms with Crippen molar-refractivity contribution in [3.8, 4) is 0 Å². The summed E-state index contributed by atoms with van der Waals surface area (Å²) in [5, 5.41) is 8.74. The van der Waals surface area contributed by atoms with Gasteiger partial charge in [-0.25, -0.2) is 12.8 Å². The summed E-state index contributed by atoms with van der Waals surface area (Å²) >= 11 is 5.55. The Morgan fingerprint density at radius 2 is 2.06 bits per heavy atom. The zero-order valence-corrected chi connectivity index (χ0v) is 10.6. The highest BCUT2D eigenvalue weighted by Gasteiger charge is 2.12. The molecular weight excluding hydrogens is 269 g/mol. The molecule has 96 valence electrons. The van der Waals surface area contributed by atoms with E-state index >= 15 is 0 Å². The molecule has 0 spiro atoms. The molecule has 1 rings (SSSR count). The van der Waals surface area contributed by atoms with Gasteiger partial charge in [-0.1, -0.05) is 11.6 Å². The van der Waals surface area contributed by atoms with Crippen LogP contribution in [0.25, 0.3) is 0 Å². The van der Waals surface area contributed by atoms with E-state index in [0.717, 1.165) is 6.07 Å². The minimum atomic E-state index is -3.59. The molecule has 0 bridgehead atoms. The van der Waals surface area contributed by atoms with Gasteiger partial charge in [-0.05, 0) is 31.0 Å². The molecule has 4 nitrogen and oxygen atoms in total. The minimum absolute atomic E-state index is 0.0647. The first-order valence-corrected chi connectivity index (χ1v) is 7.04. The van der Waals surface area contributed by atoms with Gasteiger partial charge in [-0.3, -0.25) is 4.72 Å². The molecule has 0 saturated carbocycles. The highest BCUT2D eigenvalue weighted by atomic mass is 35.5. The molecule has 7 heteroatoms. The second kappa shape index (κ2) is 6.18. The molecule has 17 heavy (non-hydrogen) atoms. The third-order valence-electron chi connectivity index (χ3n) is 2.02. The van der Waals surface area contributed by atoms with Crippen LogP contribution in [0.1, 0.15) is 12.8 Å². The predicted molar refractivity (Wildman–Crippen MR) is 65.1 cm³/mol. The van der Waals surface area contributed by atoms with Crippen molar-refractivity contribution < 1.29 is 17.9 Å².